The summed E-state index contributed by atoms with van der Waals surface area (Å²) in [5.74, 6) is 0.648. The third kappa shape index (κ3) is 2.25. The minimum absolute atomic E-state index is 0. The third-order valence-corrected chi connectivity index (χ3v) is 2.74. The first-order valence-corrected chi connectivity index (χ1v) is 5.13. The van der Waals surface area contributed by atoms with Gasteiger partial charge in [0, 0.05) is 22.5 Å². The van der Waals surface area contributed by atoms with Gasteiger partial charge >= 0.3 is 0 Å². The summed E-state index contributed by atoms with van der Waals surface area (Å²) >= 11 is 3.35. The highest BCUT2D eigenvalue weighted by Gasteiger charge is 2.21. The molecule has 0 saturated heterocycles. The van der Waals surface area contributed by atoms with E-state index in [0.29, 0.717) is 17.9 Å². The minimum Gasteiger partial charge on any atom is -0.492 e. The molecular weight excluding hydrogens is 279 g/mol. The van der Waals surface area contributed by atoms with Crippen LogP contribution in [0.1, 0.15) is 23.6 Å². The number of nitrogens with zero attached hydrogens (tertiary/aromatic N) is 1. The van der Waals surface area contributed by atoms with E-state index < -0.39 is 0 Å². The molecule has 1 atom stereocenters. The molecule has 0 bridgehead atoms. The third-order valence-electron chi connectivity index (χ3n) is 2.28. The van der Waals surface area contributed by atoms with Gasteiger partial charge in [0.2, 0.25) is 0 Å². The zero-order valence-electron chi connectivity index (χ0n) is 7.87. The maximum atomic E-state index is 8.91. The number of fused-ring (bicyclic) bond motifs is 1. The molecule has 1 aromatic rings. The van der Waals surface area contributed by atoms with Crippen LogP contribution < -0.4 is 10.5 Å². The molecule has 15 heavy (non-hydrogen) atoms. The molecule has 1 aromatic carbocycles. The van der Waals surface area contributed by atoms with Gasteiger partial charge in [-0.3, -0.25) is 0 Å². The van der Waals surface area contributed by atoms with Crippen molar-refractivity contribution in [1.82, 2.24) is 0 Å². The van der Waals surface area contributed by atoms with Gasteiger partial charge in [-0.2, -0.15) is 5.26 Å². The zero-order chi connectivity index (χ0) is 10.1. The second-order valence-corrected chi connectivity index (χ2v) is 4.14. The SMILES string of the molecule is Cl.N#Cc1cc(Br)cc2c1OCC[C@H]2N. The molecule has 1 aliphatic heterocycles. The van der Waals surface area contributed by atoms with Gasteiger partial charge < -0.3 is 10.5 Å². The van der Waals surface area contributed by atoms with Gasteiger partial charge in [-0.15, -0.1) is 12.4 Å². The molecule has 2 rings (SSSR count). The van der Waals surface area contributed by atoms with Gasteiger partial charge in [0.25, 0.3) is 0 Å². The average Bonchev–Trinajstić information content (AvgIpc) is 2.18. The molecule has 80 valence electrons. The number of rotatable bonds is 0. The van der Waals surface area contributed by atoms with Crippen molar-refractivity contribution in [2.24, 2.45) is 5.73 Å². The molecule has 0 spiro atoms. The second-order valence-electron chi connectivity index (χ2n) is 3.23. The first-order valence-electron chi connectivity index (χ1n) is 4.34. The van der Waals surface area contributed by atoms with Gasteiger partial charge in [-0.05, 0) is 12.1 Å². The summed E-state index contributed by atoms with van der Waals surface area (Å²) < 4.78 is 6.32. The van der Waals surface area contributed by atoms with E-state index in [1.807, 2.05) is 6.07 Å². The summed E-state index contributed by atoms with van der Waals surface area (Å²) in [5, 5.41) is 8.91. The maximum Gasteiger partial charge on any atom is 0.141 e. The van der Waals surface area contributed by atoms with Gasteiger partial charge in [0.05, 0.1) is 12.2 Å². The quantitative estimate of drug-likeness (QED) is 0.798. The summed E-state index contributed by atoms with van der Waals surface area (Å²) in [6.07, 6.45) is 0.800. The predicted octanol–water partition coefficient (Wildman–Crippen LogP) is 2.52. The molecule has 0 saturated carbocycles. The minimum atomic E-state index is -0.0247. The molecule has 0 aromatic heterocycles. The average molecular weight is 290 g/mol. The summed E-state index contributed by atoms with van der Waals surface area (Å²) in [6, 6.07) is 5.74. The molecule has 0 aliphatic carbocycles. The first kappa shape index (κ1) is 12.3. The summed E-state index contributed by atoms with van der Waals surface area (Å²) in [4.78, 5) is 0. The lowest BCUT2D eigenvalue weighted by Gasteiger charge is -2.23. The van der Waals surface area contributed by atoms with Crippen LogP contribution >= 0.6 is 28.3 Å². The Bertz CT molecular complexity index is 417. The van der Waals surface area contributed by atoms with E-state index >= 15 is 0 Å². The van der Waals surface area contributed by atoms with E-state index in [1.165, 1.54) is 0 Å². The standard InChI is InChI=1S/C10H9BrN2O.ClH/c11-7-3-6(5-12)10-8(4-7)9(13)1-2-14-10;/h3-4,9H,1-2,13H2;1H/t9-;/m1./s1. The van der Waals surface area contributed by atoms with Crippen LogP contribution in [0.25, 0.3) is 0 Å². The molecule has 3 nitrogen and oxygen atoms in total. The Kier molecular flexibility index (Phi) is 3.97. The molecule has 1 aliphatic rings. The van der Waals surface area contributed by atoms with Crippen molar-refractivity contribution in [3.63, 3.8) is 0 Å². The van der Waals surface area contributed by atoms with Gasteiger partial charge in [-0.25, -0.2) is 0 Å². The topological polar surface area (TPSA) is 59.0 Å². The van der Waals surface area contributed by atoms with Crippen molar-refractivity contribution >= 4 is 28.3 Å². The van der Waals surface area contributed by atoms with Crippen LogP contribution in [0.4, 0.5) is 0 Å². The van der Waals surface area contributed by atoms with Gasteiger partial charge in [0.15, 0.2) is 0 Å². The van der Waals surface area contributed by atoms with Crippen molar-refractivity contribution in [2.45, 2.75) is 12.5 Å². The van der Waals surface area contributed by atoms with Crippen molar-refractivity contribution in [3.8, 4) is 11.8 Å². The van der Waals surface area contributed by atoms with Gasteiger partial charge in [0.1, 0.15) is 11.8 Å². The number of hydrogen-bond acceptors (Lipinski definition) is 3. The van der Waals surface area contributed by atoms with E-state index in [2.05, 4.69) is 22.0 Å². The van der Waals surface area contributed by atoms with Crippen molar-refractivity contribution in [2.75, 3.05) is 6.61 Å². The number of ether oxygens (including phenoxy) is 1. The van der Waals surface area contributed by atoms with E-state index in [1.54, 1.807) is 6.07 Å². The number of hydrogen-bond donors (Lipinski definition) is 1. The predicted molar refractivity (Wildman–Crippen MR) is 63.1 cm³/mol. The molecule has 5 heteroatoms. The first-order chi connectivity index (χ1) is 6.72. The highest BCUT2D eigenvalue weighted by atomic mass is 79.9. The Labute approximate surface area is 103 Å². The van der Waals surface area contributed by atoms with Crippen molar-refractivity contribution in [1.29, 1.82) is 5.26 Å². The largest absolute Gasteiger partial charge is 0.492 e. The highest BCUT2D eigenvalue weighted by Crippen LogP contribution is 2.35. The van der Waals surface area contributed by atoms with Crippen LogP contribution in [0, 0.1) is 11.3 Å². The Morgan fingerprint density at radius 3 is 2.93 bits per heavy atom. The molecule has 0 unspecified atom stereocenters. The van der Waals surface area contributed by atoms with Gasteiger partial charge in [-0.1, -0.05) is 15.9 Å². The van der Waals surface area contributed by atoms with Crippen molar-refractivity contribution in [3.05, 3.63) is 27.7 Å². The Morgan fingerprint density at radius 1 is 1.53 bits per heavy atom. The molecule has 0 radical (unpaired) electrons. The van der Waals surface area contributed by atoms with Crippen LogP contribution in [-0.4, -0.2) is 6.61 Å². The van der Waals surface area contributed by atoms with Crippen molar-refractivity contribution < 1.29 is 4.74 Å². The van der Waals surface area contributed by atoms with Crippen LogP contribution in [0.5, 0.6) is 5.75 Å². The lowest BCUT2D eigenvalue weighted by atomic mass is 9.99. The number of nitriles is 1. The molecule has 0 amide bonds. The fourth-order valence-electron chi connectivity index (χ4n) is 1.58. The number of benzene rings is 1. The monoisotopic (exact) mass is 288 g/mol. The van der Waals surface area contributed by atoms with E-state index in [9.17, 15) is 0 Å². The Morgan fingerprint density at radius 2 is 2.27 bits per heavy atom. The lowest BCUT2D eigenvalue weighted by Crippen LogP contribution is -2.21. The Balaban J connectivity index is 0.00000112. The van der Waals surface area contributed by atoms with E-state index in [-0.39, 0.29) is 18.4 Å². The number of halogens is 2. The summed E-state index contributed by atoms with van der Waals surface area (Å²) in [6.45, 7) is 0.588. The Hall–Kier alpha value is -0.760. The highest BCUT2D eigenvalue weighted by molar-refractivity contribution is 9.10. The second kappa shape index (κ2) is 4.84. The smallest absolute Gasteiger partial charge is 0.141 e. The van der Waals surface area contributed by atoms with Crippen LogP contribution in [0.3, 0.4) is 0 Å². The lowest BCUT2D eigenvalue weighted by molar-refractivity contribution is 0.268. The molecular formula is C10H10BrClN2O. The number of nitrogens with two attached hydrogens (primary N) is 1. The van der Waals surface area contributed by atoms with E-state index in [4.69, 9.17) is 15.7 Å². The maximum absolute atomic E-state index is 8.91. The van der Waals surface area contributed by atoms with E-state index in [0.717, 1.165) is 16.5 Å². The fraction of sp³-hybridized carbons (Fsp3) is 0.300. The molecule has 1 heterocycles. The molecule has 0 fully saturated rings. The molecule has 2 N–H and O–H groups in total. The summed E-state index contributed by atoms with van der Waals surface area (Å²) in [7, 11) is 0. The van der Waals surface area contributed by atoms with Crippen LogP contribution in [-0.2, 0) is 0 Å². The summed E-state index contributed by atoms with van der Waals surface area (Å²) in [5.41, 5.74) is 7.39. The van der Waals surface area contributed by atoms with Crippen LogP contribution in [0.15, 0.2) is 16.6 Å². The zero-order valence-corrected chi connectivity index (χ0v) is 10.3. The van der Waals surface area contributed by atoms with Crippen LogP contribution in [0.2, 0.25) is 0 Å². The normalized spacial score (nSPS) is 18.1. The fourth-order valence-corrected chi connectivity index (χ4v) is 2.05.